The highest BCUT2D eigenvalue weighted by atomic mass is 16.8. The number of Topliss-reactive ketones (excluding diaryl/α,β-unsaturated/α-hetero) is 1. The van der Waals surface area contributed by atoms with Crippen LogP contribution in [0.15, 0.2) is 66.7 Å². The molecule has 2 aromatic rings. The summed E-state index contributed by atoms with van der Waals surface area (Å²) in [4.78, 5) is 12.7. The number of ketones is 1. The number of rotatable bonds is 1. The van der Waals surface area contributed by atoms with Gasteiger partial charge in [0.25, 0.3) is 0 Å². The summed E-state index contributed by atoms with van der Waals surface area (Å²) < 4.78 is 13.0. The van der Waals surface area contributed by atoms with Gasteiger partial charge in [-0.15, -0.1) is 0 Å². The summed E-state index contributed by atoms with van der Waals surface area (Å²) in [5.74, 6) is -0.753. The number of fused-ring (bicyclic) bond motifs is 5. The van der Waals surface area contributed by atoms with Crippen molar-refractivity contribution in [1.29, 1.82) is 0 Å². The molecule has 1 aliphatic carbocycles. The highest BCUT2D eigenvalue weighted by molar-refractivity contribution is 5.87. The largest absolute Gasteiger partial charge is 0.331 e. The van der Waals surface area contributed by atoms with Crippen molar-refractivity contribution < 1.29 is 14.3 Å². The van der Waals surface area contributed by atoms with Gasteiger partial charge in [0, 0.05) is 18.4 Å². The Bertz CT molecular complexity index is 856. The Morgan fingerprint density at radius 3 is 2.62 bits per heavy atom. The number of carbonyl (C=O) groups is 1. The molecule has 0 radical (unpaired) electrons. The highest BCUT2D eigenvalue weighted by Gasteiger charge is 2.66. The maximum absolute atomic E-state index is 12.7. The van der Waals surface area contributed by atoms with Crippen LogP contribution in [0.4, 0.5) is 0 Å². The van der Waals surface area contributed by atoms with Crippen LogP contribution in [0, 0.1) is 0 Å². The number of benzene rings is 2. The molecule has 24 heavy (non-hydrogen) atoms. The van der Waals surface area contributed by atoms with Crippen molar-refractivity contribution in [3.63, 3.8) is 0 Å². The number of hydrogen-bond acceptors (Lipinski definition) is 3. The van der Waals surface area contributed by atoms with Crippen molar-refractivity contribution in [2.45, 2.75) is 36.8 Å². The minimum atomic E-state index is -0.861. The van der Waals surface area contributed by atoms with Crippen LogP contribution in [0.3, 0.4) is 0 Å². The van der Waals surface area contributed by atoms with Crippen molar-refractivity contribution >= 4 is 5.78 Å². The first kappa shape index (κ1) is 14.1. The van der Waals surface area contributed by atoms with Gasteiger partial charge in [0.1, 0.15) is 0 Å². The van der Waals surface area contributed by atoms with Gasteiger partial charge >= 0.3 is 0 Å². The molecule has 2 aromatic carbocycles. The first-order valence-electron chi connectivity index (χ1n) is 8.39. The summed E-state index contributed by atoms with van der Waals surface area (Å²) in [5, 5.41) is 0. The standard InChI is InChI=1S/C21H18O3/c1-14-13-15-7-5-6-10-17(15)21(14)19-18(22)11-12-20(23-19,24-21)16-8-3-2-4-9-16/h2-10,19H,1,11-13H2/t19-,20-,21-/m0/s1. The summed E-state index contributed by atoms with van der Waals surface area (Å²) in [6.45, 7) is 4.27. The monoisotopic (exact) mass is 318 g/mol. The second kappa shape index (κ2) is 4.65. The molecule has 2 bridgehead atoms. The lowest BCUT2D eigenvalue weighted by atomic mass is 9.84. The van der Waals surface area contributed by atoms with Crippen LogP contribution in [0.1, 0.15) is 29.5 Å². The average Bonchev–Trinajstić information content (AvgIpc) is 3.08. The van der Waals surface area contributed by atoms with Crippen molar-refractivity contribution in [3.05, 3.63) is 83.4 Å². The van der Waals surface area contributed by atoms with E-state index < -0.39 is 17.5 Å². The summed E-state index contributed by atoms with van der Waals surface area (Å²) in [6.07, 6.45) is 1.14. The molecule has 0 N–H and O–H groups in total. The van der Waals surface area contributed by atoms with Crippen LogP contribution in [-0.4, -0.2) is 11.9 Å². The van der Waals surface area contributed by atoms with Gasteiger partial charge in [-0.05, 0) is 23.1 Å². The molecule has 120 valence electrons. The van der Waals surface area contributed by atoms with Gasteiger partial charge in [-0.2, -0.15) is 0 Å². The molecular formula is C21H18O3. The molecule has 2 saturated heterocycles. The van der Waals surface area contributed by atoms with Gasteiger partial charge in [0.05, 0.1) is 0 Å². The highest BCUT2D eigenvalue weighted by Crippen LogP contribution is 2.60. The normalized spacial score (nSPS) is 33.9. The Kier molecular flexibility index (Phi) is 2.74. The van der Waals surface area contributed by atoms with E-state index in [1.54, 1.807) is 0 Å². The third kappa shape index (κ3) is 1.61. The first-order chi connectivity index (χ1) is 11.7. The van der Waals surface area contributed by atoms with E-state index in [-0.39, 0.29) is 5.78 Å². The van der Waals surface area contributed by atoms with Crippen molar-refractivity contribution in [2.75, 3.05) is 0 Å². The fraction of sp³-hybridized carbons (Fsp3) is 0.286. The zero-order chi connectivity index (χ0) is 16.4. The molecule has 3 nitrogen and oxygen atoms in total. The summed E-state index contributed by atoms with van der Waals surface area (Å²) >= 11 is 0. The lowest BCUT2D eigenvalue weighted by Crippen LogP contribution is -2.42. The van der Waals surface area contributed by atoms with E-state index in [2.05, 4.69) is 12.6 Å². The Morgan fingerprint density at radius 2 is 1.79 bits per heavy atom. The summed E-state index contributed by atoms with van der Waals surface area (Å²) in [5.41, 5.74) is 3.25. The molecule has 3 aliphatic rings. The van der Waals surface area contributed by atoms with Gasteiger partial charge in [-0.3, -0.25) is 4.79 Å². The molecule has 2 fully saturated rings. The fourth-order valence-corrected chi connectivity index (χ4v) is 4.44. The predicted molar refractivity (Wildman–Crippen MR) is 89.3 cm³/mol. The Hall–Kier alpha value is -2.23. The van der Waals surface area contributed by atoms with Crippen LogP contribution in [-0.2, 0) is 32.1 Å². The summed E-state index contributed by atoms with van der Waals surface area (Å²) in [6, 6.07) is 18.1. The van der Waals surface area contributed by atoms with Crippen molar-refractivity contribution in [3.8, 4) is 0 Å². The zero-order valence-corrected chi connectivity index (χ0v) is 13.3. The lowest BCUT2D eigenvalue weighted by Gasteiger charge is -2.31. The van der Waals surface area contributed by atoms with Crippen LogP contribution in [0.25, 0.3) is 0 Å². The van der Waals surface area contributed by atoms with Gasteiger partial charge in [0.15, 0.2) is 23.3 Å². The average molecular weight is 318 g/mol. The van der Waals surface area contributed by atoms with E-state index >= 15 is 0 Å². The Balaban J connectivity index is 1.72. The Morgan fingerprint density at radius 1 is 1.04 bits per heavy atom. The Labute approximate surface area is 140 Å². The molecule has 0 amide bonds. The molecule has 0 unspecified atom stereocenters. The van der Waals surface area contributed by atoms with Crippen LogP contribution >= 0.6 is 0 Å². The van der Waals surface area contributed by atoms with Crippen molar-refractivity contribution in [2.24, 2.45) is 0 Å². The molecule has 2 aliphatic heterocycles. The topological polar surface area (TPSA) is 35.5 Å². The van der Waals surface area contributed by atoms with Crippen LogP contribution in [0.5, 0.6) is 0 Å². The van der Waals surface area contributed by atoms with E-state index in [0.29, 0.717) is 12.8 Å². The molecule has 2 heterocycles. The molecule has 1 spiro atoms. The van der Waals surface area contributed by atoms with Crippen LogP contribution in [0.2, 0.25) is 0 Å². The SMILES string of the molecule is C=C1Cc2ccccc2[C@@]12O[C@]1(c3ccccc3)CCC(=O)[C@@H]2O1. The second-order valence-corrected chi connectivity index (χ2v) is 6.86. The van der Waals surface area contributed by atoms with E-state index in [0.717, 1.165) is 23.1 Å². The van der Waals surface area contributed by atoms with Gasteiger partial charge in [-0.1, -0.05) is 61.2 Å². The maximum atomic E-state index is 12.7. The minimum Gasteiger partial charge on any atom is -0.331 e. The van der Waals surface area contributed by atoms with Gasteiger partial charge in [-0.25, -0.2) is 0 Å². The quantitative estimate of drug-likeness (QED) is 0.753. The zero-order valence-electron chi connectivity index (χ0n) is 13.3. The lowest BCUT2D eigenvalue weighted by molar-refractivity contribution is -0.209. The van der Waals surface area contributed by atoms with E-state index in [1.807, 2.05) is 48.5 Å². The first-order valence-corrected chi connectivity index (χ1v) is 8.39. The number of ether oxygens (including phenoxy) is 2. The van der Waals surface area contributed by atoms with Gasteiger partial charge < -0.3 is 9.47 Å². The van der Waals surface area contributed by atoms with Gasteiger partial charge in [0.2, 0.25) is 0 Å². The second-order valence-electron chi connectivity index (χ2n) is 6.86. The van der Waals surface area contributed by atoms with E-state index in [1.165, 1.54) is 5.56 Å². The van der Waals surface area contributed by atoms with Crippen LogP contribution < -0.4 is 0 Å². The number of hydrogen-bond donors (Lipinski definition) is 0. The summed E-state index contributed by atoms with van der Waals surface area (Å²) in [7, 11) is 0. The maximum Gasteiger partial charge on any atom is 0.197 e. The molecule has 0 saturated carbocycles. The predicted octanol–water partition coefficient (Wildman–Crippen LogP) is 3.63. The molecule has 5 rings (SSSR count). The molecule has 3 heteroatoms. The number of carbonyl (C=O) groups excluding carboxylic acids is 1. The van der Waals surface area contributed by atoms with E-state index in [4.69, 9.17) is 9.47 Å². The molecule has 3 atom stereocenters. The molecular weight excluding hydrogens is 300 g/mol. The smallest absolute Gasteiger partial charge is 0.197 e. The third-order valence-electron chi connectivity index (χ3n) is 5.56. The third-order valence-corrected chi connectivity index (χ3v) is 5.56. The van der Waals surface area contributed by atoms with Crippen molar-refractivity contribution in [1.82, 2.24) is 0 Å². The van der Waals surface area contributed by atoms with E-state index in [9.17, 15) is 4.79 Å². The fourth-order valence-electron chi connectivity index (χ4n) is 4.44. The minimum absolute atomic E-state index is 0.108. The molecule has 0 aromatic heterocycles.